The van der Waals surface area contributed by atoms with Crippen molar-refractivity contribution in [3.8, 4) is 11.6 Å². The van der Waals surface area contributed by atoms with E-state index in [1.54, 1.807) is 6.20 Å². The molecule has 27 heavy (non-hydrogen) atoms. The molecule has 0 aliphatic heterocycles. The van der Waals surface area contributed by atoms with Crippen molar-refractivity contribution in [2.45, 2.75) is 6.61 Å². The number of benzene rings is 1. The van der Waals surface area contributed by atoms with Gasteiger partial charge in [0.2, 0.25) is 5.88 Å². The first kappa shape index (κ1) is 18.1. The predicted octanol–water partition coefficient (Wildman–Crippen LogP) is 2.98. The molecule has 0 fully saturated rings. The number of nitrogens with zero attached hydrogens (tertiary/aromatic N) is 2. The van der Waals surface area contributed by atoms with Gasteiger partial charge in [-0.2, -0.15) is 0 Å². The molecule has 0 amide bonds. The first-order valence-electron chi connectivity index (χ1n) is 8.13. The first-order valence-corrected chi connectivity index (χ1v) is 8.13. The molecule has 7 nitrogen and oxygen atoms in total. The SMILES string of the molecule is COc1cc(C=O)c(OCc2c(/C(N)=C/C=N)ncc3ccccc23)cn1. The van der Waals surface area contributed by atoms with Gasteiger partial charge >= 0.3 is 0 Å². The quantitative estimate of drug-likeness (QED) is 0.494. The summed E-state index contributed by atoms with van der Waals surface area (Å²) in [6, 6.07) is 9.23. The highest BCUT2D eigenvalue weighted by Crippen LogP contribution is 2.26. The van der Waals surface area contributed by atoms with E-state index in [1.807, 2.05) is 24.3 Å². The van der Waals surface area contributed by atoms with E-state index in [0.717, 1.165) is 22.6 Å². The number of nitrogens with one attached hydrogen (secondary N) is 1. The van der Waals surface area contributed by atoms with Crippen molar-refractivity contribution in [3.63, 3.8) is 0 Å². The largest absolute Gasteiger partial charge is 0.486 e. The number of aldehydes is 1. The van der Waals surface area contributed by atoms with Crippen LogP contribution in [-0.4, -0.2) is 29.6 Å². The summed E-state index contributed by atoms with van der Waals surface area (Å²) in [5.74, 6) is 0.661. The molecule has 2 aromatic heterocycles. The van der Waals surface area contributed by atoms with Crippen LogP contribution in [0.1, 0.15) is 21.6 Å². The molecule has 0 bridgehead atoms. The van der Waals surface area contributed by atoms with Gasteiger partial charge in [0.1, 0.15) is 12.4 Å². The first-order chi connectivity index (χ1) is 13.2. The second-order valence-electron chi connectivity index (χ2n) is 5.63. The number of carbonyl (C=O) groups excluding carboxylic acids is 1. The summed E-state index contributed by atoms with van der Waals surface area (Å²) in [6.07, 6.45) is 6.43. The molecule has 0 radical (unpaired) electrons. The van der Waals surface area contributed by atoms with Crippen molar-refractivity contribution >= 4 is 29.0 Å². The topological polar surface area (TPSA) is 111 Å². The Morgan fingerprint density at radius 1 is 1.26 bits per heavy atom. The maximum Gasteiger partial charge on any atom is 0.213 e. The fourth-order valence-electron chi connectivity index (χ4n) is 2.70. The summed E-state index contributed by atoms with van der Waals surface area (Å²) in [4.78, 5) is 19.9. The van der Waals surface area contributed by atoms with Gasteiger partial charge in [-0.15, -0.1) is 0 Å². The molecule has 7 heteroatoms. The second kappa shape index (κ2) is 8.09. The van der Waals surface area contributed by atoms with Gasteiger partial charge < -0.3 is 20.6 Å². The smallest absolute Gasteiger partial charge is 0.213 e. The summed E-state index contributed by atoms with van der Waals surface area (Å²) in [7, 11) is 1.48. The Hall–Kier alpha value is -3.74. The van der Waals surface area contributed by atoms with Gasteiger partial charge in [-0.3, -0.25) is 9.78 Å². The molecule has 3 rings (SSSR count). The van der Waals surface area contributed by atoms with Crippen LogP contribution < -0.4 is 15.2 Å². The molecule has 136 valence electrons. The molecule has 3 aromatic rings. The van der Waals surface area contributed by atoms with E-state index >= 15 is 0 Å². The molecule has 0 saturated carbocycles. The lowest BCUT2D eigenvalue weighted by Gasteiger charge is -2.14. The Morgan fingerprint density at radius 2 is 2.07 bits per heavy atom. The van der Waals surface area contributed by atoms with E-state index in [4.69, 9.17) is 20.6 Å². The van der Waals surface area contributed by atoms with Gasteiger partial charge in [0.25, 0.3) is 0 Å². The maximum absolute atomic E-state index is 11.3. The number of methoxy groups -OCH3 is 1. The standard InChI is InChI=1S/C20H18N4O3/c1-26-19-8-14(11-25)18(10-23-19)27-12-16-15-5-3-2-4-13(15)9-24-20(16)17(22)6-7-21/h2-11,21H,12,22H2,1H3/b17-6-,21-7?. The third kappa shape index (κ3) is 3.77. The lowest BCUT2D eigenvalue weighted by Crippen LogP contribution is -2.08. The highest BCUT2D eigenvalue weighted by atomic mass is 16.5. The average molecular weight is 362 g/mol. The van der Waals surface area contributed by atoms with E-state index in [1.165, 1.54) is 25.4 Å². The fourth-order valence-corrected chi connectivity index (χ4v) is 2.70. The van der Waals surface area contributed by atoms with Crippen LogP contribution in [0.15, 0.2) is 48.8 Å². The molecule has 2 heterocycles. The number of nitrogens with two attached hydrogens (primary N) is 1. The third-order valence-electron chi connectivity index (χ3n) is 4.02. The zero-order valence-electron chi connectivity index (χ0n) is 14.7. The Kier molecular flexibility index (Phi) is 5.41. The van der Waals surface area contributed by atoms with Crippen LogP contribution >= 0.6 is 0 Å². The number of rotatable bonds is 7. The van der Waals surface area contributed by atoms with Crippen LogP contribution in [0.25, 0.3) is 16.5 Å². The number of aromatic nitrogens is 2. The lowest BCUT2D eigenvalue weighted by molar-refractivity contribution is 0.111. The minimum absolute atomic E-state index is 0.130. The third-order valence-corrected chi connectivity index (χ3v) is 4.02. The average Bonchev–Trinajstić information content (AvgIpc) is 2.71. The van der Waals surface area contributed by atoms with Gasteiger partial charge in [0.05, 0.1) is 30.3 Å². The second-order valence-corrected chi connectivity index (χ2v) is 5.63. The van der Waals surface area contributed by atoms with Crippen molar-refractivity contribution in [1.29, 1.82) is 5.41 Å². The van der Waals surface area contributed by atoms with E-state index in [-0.39, 0.29) is 6.61 Å². The molecule has 1 aromatic carbocycles. The molecule has 3 N–H and O–H groups in total. The van der Waals surface area contributed by atoms with Crippen molar-refractivity contribution in [3.05, 3.63) is 65.6 Å². The zero-order chi connectivity index (χ0) is 19.2. The minimum Gasteiger partial charge on any atom is -0.486 e. The van der Waals surface area contributed by atoms with Crippen molar-refractivity contribution in [1.82, 2.24) is 9.97 Å². The fraction of sp³-hybridized carbons (Fsp3) is 0.100. The van der Waals surface area contributed by atoms with Crippen molar-refractivity contribution in [2.24, 2.45) is 5.73 Å². The lowest BCUT2D eigenvalue weighted by atomic mass is 10.0. The van der Waals surface area contributed by atoms with Gasteiger partial charge in [0.15, 0.2) is 6.29 Å². The molecule has 0 unspecified atom stereocenters. The normalized spacial score (nSPS) is 11.2. The van der Waals surface area contributed by atoms with Crippen molar-refractivity contribution in [2.75, 3.05) is 7.11 Å². The highest BCUT2D eigenvalue weighted by Gasteiger charge is 2.14. The molecule has 0 aliphatic carbocycles. The summed E-state index contributed by atoms with van der Waals surface area (Å²) in [5, 5.41) is 9.11. The molecule has 0 atom stereocenters. The summed E-state index contributed by atoms with van der Waals surface area (Å²) < 4.78 is 10.9. The Labute approximate surface area is 156 Å². The predicted molar refractivity (Wildman–Crippen MR) is 103 cm³/mol. The monoisotopic (exact) mass is 362 g/mol. The number of pyridine rings is 2. The molecular formula is C20H18N4O3. The van der Waals surface area contributed by atoms with E-state index < -0.39 is 0 Å². The number of ether oxygens (including phenoxy) is 2. The molecule has 0 saturated heterocycles. The van der Waals surface area contributed by atoms with Gasteiger partial charge in [-0.1, -0.05) is 24.3 Å². The van der Waals surface area contributed by atoms with Crippen LogP contribution in [0, 0.1) is 5.41 Å². The van der Waals surface area contributed by atoms with E-state index in [9.17, 15) is 4.79 Å². The van der Waals surface area contributed by atoms with Crippen molar-refractivity contribution < 1.29 is 14.3 Å². The summed E-state index contributed by atoms with van der Waals surface area (Å²) in [6.45, 7) is 0.130. The Bertz CT molecular complexity index is 1030. The summed E-state index contributed by atoms with van der Waals surface area (Å²) in [5.41, 5.74) is 8.05. The highest BCUT2D eigenvalue weighted by molar-refractivity contribution is 5.90. The summed E-state index contributed by atoms with van der Waals surface area (Å²) >= 11 is 0. The number of hydrogen-bond donors (Lipinski definition) is 2. The van der Waals surface area contributed by atoms with Crippen LogP contribution in [0.3, 0.4) is 0 Å². The number of carbonyl (C=O) groups is 1. The maximum atomic E-state index is 11.3. The van der Waals surface area contributed by atoms with E-state index in [2.05, 4.69) is 9.97 Å². The van der Waals surface area contributed by atoms with Crippen LogP contribution in [0.5, 0.6) is 11.6 Å². The molecular weight excluding hydrogens is 344 g/mol. The van der Waals surface area contributed by atoms with E-state index in [0.29, 0.717) is 34.9 Å². The minimum atomic E-state index is 0.130. The molecule has 0 spiro atoms. The Morgan fingerprint density at radius 3 is 2.81 bits per heavy atom. The van der Waals surface area contributed by atoms with Crippen LogP contribution in [-0.2, 0) is 6.61 Å². The van der Waals surface area contributed by atoms with Gasteiger partial charge in [-0.25, -0.2) is 4.98 Å². The number of allylic oxidation sites excluding steroid dienone is 1. The zero-order valence-corrected chi connectivity index (χ0v) is 14.7. The van der Waals surface area contributed by atoms with Gasteiger partial charge in [-0.05, 0) is 11.5 Å². The Balaban J connectivity index is 2.03. The number of fused-ring (bicyclic) bond motifs is 1. The van der Waals surface area contributed by atoms with Crippen LogP contribution in [0.2, 0.25) is 0 Å². The molecule has 0 aliphatic rings. The van der Waals surface area contributed by atoms with Crippen LogP contribution in [0.4, 0.5) is 0 Å². The number of hydrogen-bond acceptors (Lipinski definition) is 7. The van der Waals surface area contributed by atoms with Gasteiger partial charge in [0, 0.05) is 29.4 Å².